The van der Waals surface area contributed by atoms with Crippen molar-refractivity contribution in [3.63, 3.8) is 0 Å². The smallest absolute Gasteiger partial charge is 0.252 e. The van der Waals surface area contributed by atoms with E-state index in [0.717, 1.165) is 56.5 Å². The molecule has 0 radical (unpaired) electrons. The van der Waals surface area contributed by atoms with E-state index in [1.807, 2.05) is 30.3 Å². The Labute approximate surface area is 220 Å². The summed E-state index contributed by atoms with van der Waals surface area (Å²) in [4.78, 5) is 36.8. The van der Waals surface area contributed by atoms with Gasteiger partial charge < -0.3 is 20.4 Å². The summed E-state index contributed by atoms with van der Waals surface area (Å²) < 4.78 is 14.5. The third-order valence-corrected chi connectivity index (χ3v) is 7.00. The van der Waals surface area contributed by atoms with Gasteiger partial charge in [-0.2, -0.15) is 5.26 Å². The van der Waals surface area contributed by atoms with Crippen LogP contribution >= 0.6 is 0 Å². The van der Waals surface area contributed by atoms with Gasteiger partial charge in [0.1, 0.15) is 12.2 Å². The number of anilines is 3. The molecule has 2 N–H and O–H groups in total. The van der Waals surface area contributed by atoms with Crippen LogP contribution in [0.3, 0.4) is 0 Å². The second-order valence-corrected chi connectivity index (χ2v) is 9.39. The molecule has 0 aliphatic carbocycles. The predicted octanol–water partition coefficient (Wildman–Crippen LogP) is 3.87. The van der Waals surface area contributed by atoms with Crippen molar-refractivity contribution in [3.8, 4) is 17.3 Å². The van der Waals surface area contributed by atoms with Crippen LogP contribution in [0.15, 0.2) is 54.7 Å². The van der Waals surface area contributed by atoms with Gasteiger partial charge in [0.05, 0.1) is 12.3 Å². The number of hydrogen-bond acceptors (Lipinski definition) is 7. The van der Waals surface area contributed by atoms with Gasteiger partial charge in [-0.3, -0.25) is 9.59 Å². The van der Waals surface area contributed by atoms with E-state index in [0.29, 0.717) is 29.5 Å². The number of piperidine rings is 1. The number of likely N-dealkylation sites (tertiary alicyclic amines) is 1. The lowest BCUT2D eigenvalue weighted by molar-refractivity contribution is -0.130. The van der Waals surface area contributed by atoms with E-state index in [2.05, 4.69) is 30.4 Å². The summed E-state index contributed by atoms with van der Waals surface area (Å²) >= 11 is 0. The lowest BCUT2D eigenvalue weighted by atomic mass is 10.0. The number of nitrogens with one attached hydrogen (secondary N) is 2. The molecule has 2 aromatic carbocycles. The van der Waals surface area contributed by atoms with Gasteiger partial charge in [-0.15, -0.1) is 0 Å². The van der Waals surface area contributed by atoms with Crippen molar-refractivity contribution in [2.24, 2.45) is 0 Å². The zero-order chi connectivity index (χ0) is 26.5. The molecule has 1 aromatic heterocycles. The van der Waals surface area contributed by atoms with Crippen LogP contribution < -0.4 is 15.5 Å². The number of amides is 2. The summed E-state index contributed by atoms with van der Waals surface area (Å²) in [5.41, 5.74) is 2.86. The van der Waals surface area contributed by atoms with Crippen molar-refractivity contribution in [1.29, 1.82) is 5.26 Å². The number of rotatable bonds is 7. The van der Waals surface area contributed by atoms with Gasteiger partial charge in [0.15, 0.2) is 5.82 Å². The highest BCUT2D eigenvalue weighted by atomic mass is 19.1. The first kappa shape index (κ1) is 25.1. The van der Waals surface area contributed by atoms with E-state index in [-0.39, 0.29) is 24.1 Å². The monoisotopic (exact) mass is 513 g/mol. The first-order chi connectivity index (χ1) is 18.5. The van der Waals surface area contributed by atoms with Crippen LogP contribution in [-0.2, 0) is 4.79 Å². The van der Waals surface area contributed by atoms with Gasteiger partial charge >= 0.3 is 0 Å². The highest BCUT2D eigenvalue weighted by Crippen LogP contribution is 2.28. The van der Waals surface area contributed by atoms with Gasteiger partial charge in [0.2, 0.25) is 11.9 Å². The van der Waals surface area contributed by atoms with Crippen molar-refractivity contribution >= 4 is 29.1 Å². The number of hydrogen-bond donors (Lipinski definition) is 2. The van der Waals surface area contributed by atoms with Crippen LogP contribution in [0.1, 0.15) is 36.0 Å². The minimum Gasteiger partial charge on any atom is -0.371 e. The van der Waals surface area contributed by atoms with Gasteiger partial charge in [-0.25, -0.2) is 14.4 Å². The largest absolute Gasteiger partial charge is 0.371 e. The molecule has 0 atom stereocenters. The highest BCUT2D eigenvalue weighted by Gasteiger charge is 2.30. The number of aromatic nitrogens is 2. The van der Waals surface area contributed by atoms with Gasteiger partial charge in [-0.1, -0.05) is 12.1 Å². The normalized spacial score (nSPS) is 15.8. The maximum absolute atomic E-state index is 14.5. The van der Waals surface area contributed by atoms with Crippen molar-refractivity contribution < 1.29 is 14.0 Å². The van der Waals surface area contributed by atoms with E-state index in [9.17, 15) is 14.0 Å². The molecule has 3 aromatic rings. The lowest BCUT2D eigenvalue weighted by Gasteiger charge is -2.37. The van der Waals surface area contributed by atoms with Gasteiger partial charge in [0.25, 0.3) is 5.91 Å². The van der Waals surface area contributed by atoms with E-state index in [1.165, 1.54) is 0 Å². The molecule has 0 spiro atoms. The molecule has 9 nitrogen and oxygen atoms in total. The van der Waals surface area contributed by atoms with Crippen LogP contribution in [0.2, 0.25) is 0 Å². The molecule has 2 fully saturated rings. The molecule has 2 aliphatic rings. The molecule has 2 aliphatic heterocycles. The molecule has 2 amide bonds. The van der Waals surface area contributed by atoms with Crippen LogP contribution in [0.4, 0.5) is 21.7 Å². The number of carbonyl (C=O) groups is 2. The number of benzene rings is 2. The Morgan fingerprint density at radius 3 is 2.47 bits per heavy atom. The lowest BCUT2D eigenvalue weighted by Crippen LogP contribution is -2.45. The molecule has 194 valence electrons. The zero-order valence-corrected chi connectivity index (χ0v) is 20.9. The molecule has 10 heteroatoms. The number of halogens is 1. The molecule has 0 saturated carbocycles. The zero-order valence-electron chi connectivity index (χ0n) is 20.9. The van der Waals surface area contributed by atoms with Crippen molar-refractivity contribution in [3.05, 3.63) is 66.1 Å². The van der Waals surface area contributed by atoms with Crippen LogP contribution in [0, 0.1) is 17.1 Å². The SMILES string of the molecule is N#CCNC(=O)c1ccc(-c2nc(Nc3ccc(N4CCC(N5CCCC5=O)CC4)cc3)ncc2F)cc1. The summed E-state index contributed by atoms with van der Waals surface area (Å²) in [6.07, 6.45) is 4.72. The molecule has 5 rings (SSSR count). The summed E-state index contributed by atoms with van der Waals surface area (Å²) in [6.45, 7) is 2.62. The van der Waals surface area contributed by atoms with Crippen molar-refractivity contribution in [2.45, 2.75) is 31.7 Å². The Hall–Kier alpha value is -4.52. The Morgan fingerprint density at radius 1 is 1.08 bits per heavy atom. The van der Waals surface area contributed by atoms with Crippen LogP contribution in [-0.4, -0.2) is 58.9 Å². The second kappa shape index (κ2) is 11.3. The Morgan fingerprint density at radius 2 is 1.82 bits per heavy atom. The average molecular weight is 514 g/mol. The number of nitriles is 1. The maximum atomic E-state index is 14.5. The highest BCUT2D eigenvalue weighted by molar-refractivity contribution is 5.94. The van der Waals surface area contributed by atoms with Crippen LogP contribution in [0.5, 0.6) is 0 Å². The van der Waals surface area contributed by atoms with E-state index in [1.54, 1.807) is 24.3 Å². The summed E-state index contributed by atoms with van der Waals surface area (Å²) in [7, 11) is 0. The quantitative estimate of drug-likeness (QED) is 0.461. The van der Waals surface area contributed by atoms with E-state index in [4.69, 9.17) is 5.26 Å². The Kier molecular flexibility index (Phi) is 7.45. The van der Waals surface area contributed by atoms with Gasteiger partial charge in [-0.05, 0) is 55.7 Å². The fourth-order valence-electron chi connectivity index (χ4n) is 5.01. The predicted molar refractivity (Wildman–Crippen MR) is 141 cm³/mol. The molecule has 0 bridgehead atoms. The minimum atomic E-state index is -0.577. The van der Waals surface area contributed by atoms with Crippen LogP contribution in [0.25, 0.3) is 11.3 Å². The first-order valence-electron chi connectivity index (χ1n) is 12.7. The third kappa shape index (κ3) is 5.57. The fraction of sp³-hybridized carbons (Fsp3) is 0.321. The van der Waals surface area contributed by atoms with E-state index < -0.39 is 5.82 Å². The van der Waals surface area contributed by atoms with E-state index >= 15 is 0 Å². The van der Waals surface area contributed by atoms with Crippen molar-refractivity contribution in [2.75, 3.05) is 36.4 Å². The fourth-order valence-corrected chi connectivity index (χ4v) is 5.01. The molecule has 2 saturated heterocycles. The molecular formula is C28H28FN7O2. The maximum Gasteiger partial charge on any atom is 0.252 e. The number of nitrogens with zero attached hydrogens (tertiary/aromatic N) is 5. The number of carbonyl (C=O) groups excluding carboxylic acids is 2. The van der Waals surface area contributed by atoms with Gasteiger partial charge in [0, 0.05) is 54.6 Å². The Bertz CT molecular complexity index is 1350. The Balaban J connectivity index is 1.21. The summed E-state index contributed by atoms with van der Waals surface area (Å²) in [5.74, 6) is -0.410. The molecule has 3 heterocycles. The summed E-state index contributed by atoms with van der Waals surface area (Å²) in [6, 6.07) is 16.5. The average Bonchev–Trinajstić information content (AvgIpc) is 3.39. The first-order valence-corrected chi connectivity index (χ1v) is 12.7. The topological polar surface area (TPSA) is 114 Å². The molecular weight excluding hydrogens is 485 g/mol. The third-order valence-electron chi connectivity index (χ3n) is 7.00. The second-order valence-electron chi connectivity index (χ2n) is 9.39. The molecule has 0 unspecified atom stereocenters. The molecule has 38 heavy (non-hydrogen) atoms. The standard InChI is InChI=1S/C28H28FN7O2/c29-24-18-32-28(34-26(24)19-3-5-20(6-4-19)27(38)31-14-13-30)33-21-7-9-22(10-8-21)35-16-11-23(12-17-35)36-15-1-2-25(36)37/h3-10,18,23H,1-2,11-12,14-17H2,(H,31,38)(H,32,33,34). The van der Waals surface area contributed by atoms with Crippen molar-refractivity contribution in [1.82, 2.24) is 20.2 Å². The minimum absolute atomic E-state index is 0.0868. The summed E-state index contributed by atoms with van der Waals surface area (Å²) in [5, 5.41) is 14.2.